The van der Waals surface area contributed by atoms with E-state index < -0.39 is 0 Å². The van der Waals surface area contributed by atoms with Gasteiger partial charge in [0.15, 0.2) is 10.2 Å². The summed E-state index contributed by atoms with van der Waals surface area (Å²) in [4.78, 5) is 10.2. The predicted molar refractivity (Wildman–Crippen MR) is 169 cm³/mol. The van der Waals surface area contributed by atoms with Crippen LogP contribution in [0.4, 0.5) is 11.4 Å². The van der Waals surface area contributed by atoms with E-state index in [1.807, 2.05) is 60.7 Å². The van der Waals surface area contributed by atoms with Crippen LogP contribution < -0.4 is 15.1 Å². The van der Waals surface area contributed by atoms with E-state index in [1.54, 1.807) is 18.0 Å². The second-order valence-corrected chi connectivity index (χ2v) is 13.0. The van der Waals surface area contributed by atoms with E-state index in [9.17, 15) is 0 Å². The van der Waals surface area contributed by atoms with Gasteiger partial charge in [0.2, 0.25) is 0 Å². The van der Waals surface area contributed by atoms with Gasteiger partial charge in [-0.05, 0) is 97.2 Å². The summed E-state index contributed by atoms with van der Waals surface area (Å²) in [5, 5.41) is 6.32. The number of pyridine rings is 1. The molecule has 0 bridgehead atoms. The Bertz CT molecular complexity index is 1490. The first-order valence-corrected chi connectivity index (χ1v) is 15.4. The summed E-state index contributed by atoms with van der Waals surface area (Å²) in [6.45, 7) is 6.64. The van der Waals surface area contributed by atoms with Crippen LogP contribution in [0.1, 0.15) is 43.8 Å². The van der Waals surface area contributed by atoms with Gasteiger partial charge in [0.1, 0.15) is 11.8 Å². The van der Waals surface area contributed by atoms with Gasteiger partial charge in [0.05, 0.1) is 22.4 Å². The van der Waals surface area contributed by atoms with Crippen molar-refractivity contribution in [3.05, 3.63) is 100 Å². The fourth-order valence-electron chi connectivity index (χ4n) is 5.85. The molecular weight excluding hydrogens is 579 g/mol. The molecule has 4 heterocycles. The first kappa shape index (κ1) is 27.5. The molecule has 0 saturated carbocycles. The Labute approximate surface area is 254 Å². The van der Waals surface area contributed by atoms with Gasteiger partial charge in [-0.3, -0.25) is 4.98 Å². The van der Waals surface area contributed by atoms with E-state index in [2.05, 4.69) is 46.1 Å². The Kier molecular flexibility index (Phi) is 8.00. The van der Waals surface area contributed by atoms with Crippen molar-refractivity contribution in [3.63, 3.8) is 0 Å². The molecule has 0 amide bonds. The van der Waals surface area contributed by atoms with Crippen molar-refractivity contribution in [2.24, 2.45) is 11.8 Å². The van der Waals surface area contributed by atoms with Gasteiger partial charge >= 0.3 is 0 Å². The highest BCUT2D eigenvalue weighted by Gasteiger charge is 2.43. The molecule has 5 nitrogen and oxygen atoms in total. The number of piperidine rings is 1. The smallest absolute Gasteiger partial charge is 0.174 e. The van der Waals surface area contributed by atoms with Gasteiger partial charge in [-0.15, -0.1) is 0 Å². The molecule has 2 aliphatic rings. The van der Waals surface area contributed by atoms with Gasteiger partial charge < -0.3 is 19.5 Å². The van der Waals surface area contributed by atoms with Crippen molar-refractivity contribution in [1.29, 1.82) is 0 Å². The summed E-state index contributed by atoms with van der Waals surface area (Å²) in [5.74, 6) is 2.06. The molecule has 1 N–H and O–H groups in total. The maximum Gasteiger partial charge on any atom is 0.174 e. The fraction of sp³-hybridized carbons (Fsp3) is 0.290. The Morgan fingerprint density at radius 3 is 2.45 bits per heavy atom. The molecule has 2 saturated heterocycles. The number of nitrogens with one attached hydrogen (secondary N) is 1. The monoisotopic (exact) mass is 608 g/mol. The van der Waals surface area contributed by atoms with Crippen LogP contribution in [0.15, 0.2) is 93.4 Å². The Hall–Kier alpha value is -2.71. The number of benzene rings is 2. The molecule has 0 spiro atoms. The molecule has 2 aliphatic heterocycles. The SMILES string of the molecule is C[C@@H]1C[C@H](C)CN(c2ccc(N3C(=S)N[C@@H](c4ccccn4)[C@H]3c3ccc(Sc4ccc(Cl)cc4)o3)cc2Cl)C1. The molecule has 40 heavy (non-hydrogen) atoms. The zero-order valence-electron chi connectivity index (χ0n) is 22.3. The largest absolute Gasteiger partial charge is 0.452 e. The lowest BCUT2D eigenvalue weighted by molar-refractivity contribution is 0.357. The molecule has 206 valence electrons. The highest BCUT2D eigenvalue weighted by atomic mass is 35.5. The average molecular weight is 610 g/mol. The van der Waals surface area contributed by atoms with Crippen LogP contribution in [0.3, 0.4) is 0 Å². The maximum absolute atomic E-state index is 6.96. The number of hydrogen-bond acceptors (Lipinski definition) is 5. The highest BCUT2D eigenvalue weighted by Crippen LogP contribution is 2.45. The van der Waals surface area contributed by atoms with Gasteiger partial charge in [0.25, 0.3) is 0 Å². The summed E-state index contributed by atoms with van der Waals surface area (Å²) in [5.41, 5.74) is 2.87. The number of aromatic nitrogens is 1. The fourth-order valence-corrected chi connectivity index (χ4v) is 7.40. The van der Waals surface area contributed by atoms with Gasteiger partial charge in [-0.25, -0.2) is 0 Å². The summed E-state index contributed by atoms with van der Waals surface area (Å²) in [6.07, 6.45) is 3.05. The van der Waals surface area contributed by atoms with Crippen LogP contribution in [0, 0.1) is 11.8 Å². The topological polar surface area (TPSA) is 44.5 Å². The molecule has 2 aromatic carbocycles. The van der Waals surface area contributed by atoms with Crippen molar-refractivity contribution >= 4 is 63.7 Å². The lowest BCUT2D eigenvalue weighted by atomic mass is 9.91. The molecular formula is C31H30Cl2N4OS2. The van der Waals surface area contributed by atoms with Crippen molar-refractivity contribution in [2.45, 2.75) is 42.3 Å². The van der Waals surface area contributed by atoms with Crippen molar-refractivity contribution in [3.8, 4) is 0 Å². The molecule has 0 aliphatic carbocycles. The molecule has 6 rings (SSSR count). The van der Waals surface area contributed by atoms with E-state index in [0.29, 0.717) is 22.0 Å². The van der Waals surface area contributed by atoms with E-state index >= 15 is 0 Å². The lowest BCUT2D eigenvalue weighted by Gasteiger charge is -2.37. The number of furan rings is 1. The number of thiocarbonyl (C=S) groups is 1. The van der Waals surface area contributed by atoms with E-state index in [-0.39, 0.29) is 12.1 Å². The number of rotatable bonds is 6. The molecule has 2 fully saturated rings. The van der Waals surface area contributed by atoms with Crippen molar-refractivity contribution in [1.82, 2.24) is 10.3 Å². The highest BCUT2D eigenvalue weighted by molar-refractivity contribution is 7.99. The summed E-state index contributed by atoms with van der Waals surface area (Å²) >= 11 is 20.5. The van der Waals surface area contributed by atoms with E-state index in [4.69, 9.17) is 39.8 Å². The number of anilines is 2. The van der Waals surface area contributed by atoms with Crippen LogP contribution in [0.25, 0.3) is 0 Å². The summed E-state index contributed by atoms with van der Waals surface area (Å²) in [6, 6.07) is 23.5. The van der Waals surface area contributed by atoms with Gasteiger partial charge in [-0.2, -0.15) is 0 Å². The number of nitrogens with zero attached hydrogens (tertiary/aromatic N) is 3. The van der Waals surface area contributed by atoms with E-state index in [0.717, 1.165) is 50.9 Å². The second-order valence-electron chi connectivity index (χ2n) is 10.7. The second kappa shape index (κ2) is 11.6. The quantitative estimate of drug-likeness (QED) is 0.219. The minimum Gasteiger partial charge on any atom is -0.452 e. The zero-order valence-corrected chi connectivity index (χ0v) is 25.4. The Morgan fingerprint density at radius 2 is 1.75 bits per heavy atom. The van der Waals surface area contributed by atoms with Crippen LogP contribution >= 0.6 is 47.2 Å². The van der Waals surface area contributed by atoms with Crippen LogP contribution in [-0.2, 0) is 0 Å². The van der Waals surface area contributed by atoms with Crippen LogP contribution in [0.5, 0.6) is 0 Å². The van der Waals surface area contributed by atoms with Gasteiger partial charge in [-0.1, -0.05) is 54.9 Å². The first-order chi connectivity index (χ1) is 19.4. The first-order valence-electron chi connectivity index (χ1n) is 13.4. The normalized spacial score (nSPS) is 22.9. The molecule has 4 atom stereocenters. The van der Waals surface area contributed by atoms with Gasteiger partial charge in [0, 0.05) is 34.9 Å². The minimum atomic E-state index is -0.251. The molecule has 0 radical (unpaired) electrons. The third kappa shape index (κ3) is 5.70. The Balaban J connectivity index is 1.34. The van der Waals surface area contributed by atoms with Crippen molar-refractivity contribution < 1.29 is 4.42 Å². The summed E-state index contributed by atoms with van der Waals surface area (Å²) in [7, 11) is 0. The third-order valence-electron chi connectivity index (χ3n) is 7.44. The predicted octanol–water partition coefficient (Wildman–Crippen LogP) is 8.79. The van der Waals surface area contributed by atoms with Crippen LogP contribution in [0.2, 0.25) is 10.0 Å². The zero-order chi connectivity index (χ0) is 27.8. The molecule has 9 heteroatoms. The Morgan fingerprint density at radius 1 is 0.975 bits per heavy atom. The standard InChI is InChI=1S/C31H30Cl2N4OS2/c1-19-15-20(2)18-36(17-19)26-11-8-22(16-24(26)33)37-30(29(35-31(37)39)25-5-3-4-14-34-25)27-12-13-28(38-27)40-23-9-6-21(32)7-10-23/h3-14,16,19-20,29-30H,15,17-18H2,1-2H3,(H,35,39)/t19-,20+,29-,30+/m0/s1. The number of hydrogen-bond donors (Lipinski definition) is 1. The van der Waals surface area contributed by atoms with Crippen LogP contribution in [-0.4, -0.2) is 23.2 Å². The third-order valence-corrected chi connectivity index (χ3v) is 9.24. The number of halogens is 2. The van der Waals surface area contributed by atoms with Crippen molar-refractivity contribution in [2.75, 3.05) is 22.9 Å². The minimum absolute atomic E-state index is 0.199. The average Bonchev–Trinajstić information content (AvgIpc) is 3.53. The summed E-state index contributed by atoms with van der Waals surface area (Å²) < 4.78 is 6.45. The molecule has 0 unspecified atom stereocenters. The molecule has 2 aromatic heterocycles. The maximum atomic E-state index is 6.96. The lowest BCUT2D eigenvalue weighted by Crippen LogP contribution is -2.38. The molecule has 4 aromatic rings. The van der Waals surface area contributed by atoms with E-state index in [1.165, 1.54) is 6.42 Å².